The predicted molar refractivity (Wildman–Crippen MR) is 152 cm³/mol. The van der Waals surface area contributed by atoms with Gasteiger partial charge in [0.15, 0.2) is 0 Å². The van der Waals surface area contributed by atoms with Gasteiger partial charge in [-0.25, -0.2) is 14.2 Å². The van der Waals surface area contributed by atoms with E-state index in [-0.39, 0.29) is 35.5 Å². The van der Waals surface area contributed by atoms with E-state index in [2.05, 4.69) is 0 Å². The smallest absolute Gasteiger partial charge is 0.409 e. The van der Waals surface area contributed by atoms with E-state index in [1.54, 1.807) is 42.3 Å². The van der Waals surface area contributed by atoms with E-state index in [0.29, 0.717) is 53.5 Å². The van der Waals surface area contributed by atoms with E-state index in [9.17, 15) is 18.8 Å². The maximum absolute atomic E-state index is 13.7. The van der Waals surface area contributed by atoms with Crippen molar-refractivity contribution >= 4 is 57.8 Å². The van der Waals surface area contributed by atoms with Crippen LogP contribution in [0, 0.1) is 12.7 Å². The molecule has 0 radical (unpaired) electrons. The molecule has 3 aromatic rings. The van der Waals surface area contributed by atoms with Crippen molar-refractivity contribution in [3.8, 4) is 0 Å². The molecule has 0 unspecified atom stereocenters. The number of halogens is 1. The number of aryl methyl sites for hydroxylation is 1. The second-order valence-corrected chi connectivity index (χ2v) is 10.8. The van der Waals surface area contributed by atoms with Crippen LogP contribution < -0.4 is 10.5 Å². The zero-order chi connectivity index (χ0) is 27.7. The van der Waals surface area contributed by atoms with Crippen LogP contribution in [0.5, 0.6) is 0 Å². The maximum Gasteiger partial charge on any atom is 0.409 e. The minimum Gasteiger partial charge on any atom is -0.450 e. The van der Waals surface area contributed by atoms with Gasteiger partial charge in [0.2, 0.25) is 0 Å². The second-order valence-electron chi connectivity index (χ2n) is 9.11. The predicted octanol–water partition coefficient (Wildman–Crippen LogP) is 3.82. The summed E-state index contributed by atoms with van der Waals surface area (Å²) in [6.07, 6.45) is 2.84. The number of benzene rings is 1. The largest absolute Gasteiger partial charge is 0.450 e. The average molecular weight is 568 g/mol. The number of fused-ring (bicyclic) bond motifs is 1. The molecule has 0 atom stereocenters. The van der Waals surface area contributed by atoms with E-state index in [0.717, 1.165) is 22.9 Å². The summed E-state index contributed by atoms with van der Waals surface area (Å²) < 4.78 is 20.3. The molecule has 0 saturated carbocycles. The van der Waals surface area contributed by atoms with E-state index in [1.165, 1.54) is 21.4 Å². The molecule has 2 aromatic heterocycles. The Morgan fingerprint density at radius 3 is 2.56 bits per heavy atom. The number of nitrogens with zero attached hydrogens (tertiary/aromatic N) is 5. The van der Waals surface area contributed by atoms with Crippen LogP contribution >= 0.6 is 24.0 Å². The van der Waals surface area contributed by atoms with E-state index >= 15 is 0 Å². The van der Waals surface area contributed by atoms with Crippen LogP contribution in [-0.2, 0) is 16.1 Å². The van der Waals surface area contributed by atoms with Gasteiger partial charge in [0.25, 0.3) is 11.5 Å². The SMILES string of the molecule is CCOC(=O)N1CCN(c2nc3c(C)cccn3c(=O)c2/C=C2/SC(=S)N(Cc3ccc(F)cc3)C2=O)CC1. The fourth-order valence-corrected chi connectivity index (χ4v) is 5.76. The molecule has 2 saturated heterocycles. The van der Waals surface area contributed by atoms with Crippen molar-refractivity contribution in [1.82, 2.24) is 19.2 Å². The summed E-state index contributed by atoms with van der Waals surface area (Å²) in [7, 11) is 0. The number of anilines is 1. The van der Waals surface area contributed by atoms with Crippen LogP contribution in [0.1, 0.15) is 23.6 Å². The Morgan fingerprint density at radius 2 is 1.87 bits per heavy atom. The number of thiocarbonyl (C=S) groups is 1. The Balaban J connectivity index is 1.50. The zero-order valence-corrected chi connectivity index (χ0v) is 23.1. The topological polar surface area (TPSA) is 87.5 Å². The number of amides is 2. The van der Waals surface area contributed by atoms with E-state index in [4.69, 9.17) is 21.9 Å². The van der Waals surface area contributed by atoms with Crippen LogP contribution in [-0.4, -0.2) is 68.3 Å². The molecule has 12 heteroatoms. The molecule has 1 aromatic carbocycles. The van der Waals surface area contributed by atoms with Crippen molar-refractivity contribution in [2.75, 3.05) is 37.7 Å². The first-order chi connectivity index (χ1) is 18.8. The lowest BCUT2D eigenvalue weighted by Gasteiger charge is -2.35. The number of pyridine rings is 1. The fraction of sp³-hybridized carbons (Fsp3) is 0.296. The van der Waals surface area contributed by atoms with Crippen molar-refractivity contribution in [2.24, 2.45) is 0 Å². The summed E-state index contributed by atoms with van der Waals surface area (Å²) in [6, 6.07) is 9.53. The molecule has 0 aliphatic carbocycles. The van der Waals surface area contributed by atoms with Gasteiger partial charge in [0, 0.05) is 32.4 Å². The van der Waals surface area contributed by atoms with Gasteiger partial charge in [-0.05, 0) is 49.2 Å². The number of hydrogen-bond donors (Lipinski definition) is 0. The van der Waals surface area contributed by atoms with Gasteiger partial charge in [0.1, 0.15) is 21.6 Å². The minimum absolute atomic E-state index is 0.194. The molecule has 9 nitrogen and oxygen atoms in total. The van der Waals surface area contributed by atoms with Crippen molar-refractivity contribution < 1.29 is 18.7 Å². The van der Waals surface area contributed by atoms with E-state index in [1.807, 2.05) is 17.9 Å². The quantitative estimate of drug-likeness (QED) is 0.340. The van der Waals surface area contributed by atoms with Crippen LogP contribution in [0.15, 0.2) is 52.3 Å². The van der Waals surface area contributed by atoms with Gasteiger partial charge in [0.05, 0.1) is 23.6 Å². The number of carbonyl (C=O) groups is 2. The number of carbonyl (C=O) groups excluding carboxylic acids is 2. The molecular formula is C27H26FN5O4S2. The number of hydrogen-bond acceptors (Lipinski definition) is 8. The molecule has 39 heavy (non-hydrogen) atoms. The Labute approximate surface area is 233 Å². The number of piperazine rings is 1. The molecule has 5 rings (SSSR count). The second kappa shape index (κ2) is 11.1. The average Bonchev–Trinajstić information content (AvgIpc) is 3.19. The third-order valence-corrected chi connectivity index (χ3v) is 7.95. The molecule has 2 aliphatic rings. The molecule has 0 N–H and O–H groups in total. The van der Waals surface area contributed by atoms with Gasteiger partial charge in [-0.3, -0.25) is 18.9 Å². The summed E-state index contributed by atoms with van der Waals surface area (Å²) in [5.41, 5.74) is 2.04. The molecular weight excluding hydrogens is 541 g/mol. The minimum atomic E-state index is -0.371. The van der Waals surface area contributed by atoms with Gasteiger partial charge >= 0.3 is 6.09 Å². The standard InChI is InChI=1S/C27H26FN5O4S2/c1-3-37-26(36)31-13-11-30(12-14-31)23-20(24(34)32-10-4-5-17(2)22(32)29-23)15-21-25(35)33(27(38)39-21)16-18-6-8-19(28)9-7-18/h4-10,15H,3,11-14,16H2,1-2H3/b21-15+. The first-order valence-corrected chi connectivity index (χ1v) is 13.7. The first-order valence-electron chi connectivity index (χ1n) is 12.4. The lowest BCUT2D eigenvalue weighted by Crippen LogP contribution is -2.49. The molecule has 2 amide bonds. The Hall–Kier alpha value is -3.77. The summed E-state index contributed by atoms with van der Waals surface area (Å²) in [4.78, 5) is 49.5. The highest BCUT2D eigenvalue weighted by atomic mass is 32.2. The zero-order valence-electron chi connectivity index (χ0n) is 21.4. The van der Waals surface area contributed by atoms with Gasteiger partial charge in [-0.2, -0.15) is 0 Å². The number of ether oxygens (including phenoxy) is 1. The number of aromatic nitrogens is 2. The normalized spacial score (nSPS) is 17.0. The lowest BCUT2D eigenvalue weighted by atomic mass is 10.2. The summed E-state index contributed by atoms with van der Waals surface area (Å²) in [6.45, 7) is 5.84. The van der Waals surface area contributed by atoms with Gasteiger partial charge in [-0.1, -0.05) is 42.2 Å². The Morgan fingerprint density at radius 1 is 1.15 bits per heavy atom. The maximum atomic E-state index is 13.7. The van der Waals surface area contributed by atoms with Crippen molar-refractivity contribution in [3.63, 3.8) is 0 Å². The molecule has 2 fully saturated rings. The summed E-state index contributed by atoms with van der Waals surface area (Å²) in [5.74, 6) is -0.248. The van der Waals surface area contributed by atoms with Gasteiger partial charge in [-0.15, -0.1) is 0 Å². The van der Waals surface area contributed by atoms with Crippen LogP contribution in [0.4, 0.5) is 15.0 Å². The third-order valence-electron chi connectivity index (χ3n) is 6.57. The van der Waals surface area contributed by atoms with Crippen molar-refractivity contribution in [3.05, 3.63) is 80.4 Å². The first kappa shape index (κ1) is 26.8. The van der Waals surface area contributed by atoms with Crippen molar-refractivity contribution in [1.29, 1.82) is 0 Å². The highest BCUT2D eigenvalue weighted by Gasteiger charge is 2.33. The van der Waals surface area contributed by atoms with Crippen LogP contribution in [0.25, 0.3) is 11.7 Å². The molecule has 4 heterocycles. The van der Waals surface area contributed by atoms with Crippen LogP contribution in [0.2, 0.25) is 0 Å². The van der Waals surface area contributed by atoms with E-state index < -0.39 is 0 Å². The Bertz CT molecular complexity index is 1550. The van der Waals surface area contributed by atoms with Gasteiger partial charge < -0.3 is 14.5 Å². The third kappa shape index (κ3) is 5.39. The van der Waals surface area contributed by atoms with Crippen LogP contribution in [0.3, 0.4) is 0 Å². The molecule has 0 spiro atoms. The molecule has 0 bridgehead atoms. The summed E-state index contributed by atoms with van der Waals surface area (Å²) in [5, 5.41) is 0. The highest BCUT2D eigenvalue weighted by Crippen LogP contribution is 2.34. The Kier molecular flexibility index (Phi) is 7.67. The lowest BCUT2D eigenvalue weighted by molar-refractivity contribution is -0.122. The summed E-state index contributed by atoms with van der Waals surface area (Å²) >= 11 is 6.59. The number of thioether (sulfide) groups is 1. The van der Waals surface area contributed by atoms with Crippen molar-refractivity contribution in [2.45, 2.75) is 20.4 Å². The fourth-order valence-electron chi connectivity index (χ4n) is 4.52. The highest BCUT2D eigenvalue weighted by molar-refractivity contribution is 8.26. The molecule has 2 aliphatic heterocycles. The molecule has 202 valence electrons. The monoisotopic (exact) mass is 567 g/mol. The number of rotatable bonds is 5.